The fraction of sp³-hybridized carbons (Fsp3) is 0.706. The molecule has 1 atom stereocenters. The molecule has 1 aromatic heterocycles. The van der Waals surface area contributed by atoms with E-state index in [1.54, 1.807) is 0 Å². The summed E-state index contributed by atoms with van der Waals surface area (Å²) >= 11 is 0. The summed E-state index contributed by atoms with van der Waals surface area (Å²) in [6.45, 7) is 4.07. The van der Waals surface area contributed by atoms with Gasteiger partial charge in [0.25, 0.3) is 0 Å². The van der Waals surface area contributed by atoms with E-state index in [2.05, 4.69) is 40.6 Å². The Morgan fingerprint density at radius 2 is 2.19 bits per heavy atom. The first kappa shape index (κ1) is 14.6. The summed E-state index contributed by atoms with van der Waals surface area (Å²) in [6.07, 6.45) is 11.1. The zero-order valence-corrected chi connectivity index (χ0v) is 13.0. The van der Waals surface area contributed by atoms with Crippen LogP contribution in [0.4, 0.5) is 0 Å². The van der Waals surface area contributed by atoms with E-state index in [0.29, 0.717) is 18.5 Å². The molecular weight excluding hydrogens is 262 g/mol. The molecular formula is C17H27N3O. The first-order chi connectivity index (χ1) is 10.3. The Morgan fingerprint density at radius 3 is 2.86 bits per heavy atom. The van der Waals surface area contributed by atoms with Crippen LogP contribution in [0.2, 0.25) is 0 Å². The Hall–Kier alpha value is -1.29. The number of hydrogen-bond donors (Lipinski definition) is 2. The van der Waals surface area contributed by atoms with Crippen molar-refractivity contribution in [2.75, 3.05) is 6.54 Å². The van der Waals surface area contributed by atoms with Gasteiger partial charge in [-0.3, -0.25) is 4.79 Å². The number of carbonyl (C=O) groups is 1. The third-order valence-electron chi connectivity index (χ3n) is 4.38. The minimum Gasteiger partial charge on any atom is -0.353 e. The predicted molar refractivity (Wildman–Crippen MR) is 84.0 cm³/mol. The number of amides is 1. The highest BCUT2D eigenvalue weighted by atomic mass is 16.1. The quantitative estimate of drug-likeness (QED) is 0.734. The highest BCUT2D eigenvalue weighted by Crippen LogP contribution is 2.41. The van der Waals surface area contributed by atoms with E-state index < -0.39 is 0 Å². The van der Waals surface area contributed by atoms with Crippen LogP contribution < -0.4 is 10.6 Å². The van der Waals surface area contributed by atoms with Crippen molar-refractivity contribution < 1.29 is 4.79 Å². The molecule has 3 rings (SSSR count). The van der Waals surface area contributed by atoms with Crippen LogP contribution in [-0.2, 0) is 11.3 Å². The van der Waals surface area contributed by atoms with E-state index >= 15 is 0 Å². The van der Waals surface area contributed by atoms with Gasteiger partial charge in [-0.25, -0.2) is 0 Å². The second-order valence-corrected chi connectivity index (χ2v) is 6.54. The monoisotopic (exact) mass is 289 g/mol. The van der Waals surface area contributed by atoms with Gasteiger partial charge in [0.1, 0.15) is 0 Å². The van der Waals surface area contributed by atoms with Crippen molar-refractivity contribution in [1.82, 2.24) is 15.2 Å². The van der Waals surface area contributed by atoms with E-state index in [4.69, 9.17) is 0 Å². The molecule has 2 fully saturated rings. The van der Waals surface area contributed by atoms with Crippen molar-refractivity contribution >= 4 is 5.91 Å². The van der Waals surface area contributed by atoms with Gasteiger partial charge in [-0.2, -0.15) is 0 Å². The predicted octanol–water partition coefficient (Wildman–Crippen LogP) is 2.61. The lowest BCUT2D eigenvalue weighted by atomic mass is 10.1. The number of nitrogens with zero attached hydrogens (tertiary/aromatic N) is 1. The maximum Gasteiger partial charge on any atom is 0.222 e. The second kappa shape index (κ2) is 6.65. The van der Waals surface area contributed by atoms with Crippen LogP contribution in [-0.4, -0.2) is 23.1 Å². The number of aryl methyl sites for hydroxylation is 1. The third kappa shape index (κ3) is 4.34. The molecule has 0 bridgehead atoms. The molecule has 0 spiro atoms. The molecule has 1 aromatic rings. The number of rotatable bonds is 9. The van der Waals surface area contributed by atoms with Crippen LogP contribution in [0, 0.1) is 5.92 Å². The standard InChI is InChI=1S/C17H27N3O/c1-2-9-18-17(13-3-4-13)14-7-10-20(12-14)11-8-16(21)19-15-5-6-15/h7,10,12-13,15,17-18H,2-6,8-9,11H2,1H3,(H,19,21). The third-order valence-corrected chi connectivity index (χ3v) is 4.38. The molecule has 0 aromatic carbocycles. The zero-order valence-electron chi connectivity index (χ0n) is 13.0. The molecule has 1 amide bonds. The molecule has 2 aliphatic rings. The van der Waals surface area contributed by atoms with Gasteiger partial charge in [0, 0.05) is 37.4 Å². The number of carbonyl (C=O) groups excluding carboxylic acids is 1. The molecule has 21 heavy (non-hydrogen) atoms. The Balaban J connectivity index is 1.50. The Labute approximate surface area is 127 Å². The average Bonchev–Trinajstić information content (AvgIpc) is 3.39. The van der Waals surface area contributed by atoms with Crippen LogP contribution in [0.5, 0.6) is 0 Å². The highest BCUT2D eigenvalue weighted by molar-refractivity contribution is 5.76. The van der Waals surface area contributed by atoms with Crippen molar-refractivity contribution in [3.05, 3.63) is 24.0 Å². The Kier molecular flexibility index (Phi) is 4.63. The van der Waals surface area contributed by atoms with Crippen LogP contribution >= 0.6 is 0 Å². The Morgan fingerprint density at radius 1 is 1.38 bits per heavy atom. The lowest BCUT2D eigenvalue weighted by Gasteiger charge is -2.16. The van der Waals surface area contributed by atoms with Gasteiger partial charge in [-0.15, -0.1) is 0 Å². The first-order valence-electron chi connectivity index (χ1n) is 8.44. The van der Waals surface area contributed by atoms with Crippen molar-refractivity contribution in [1.29, 1.82) is 0 Å². The number of nitrogens with one attached hydrogen (secondary N) is 2. The van der Waals surface area contributed by atoms with Gasteiger partial charge in [-0.1, -0.05) is 6.92 Å². The van der Waals surface area contributed by atoms with Crippen molar-refractivity contribution in [2.24, 2.45) is 5.92 Å². The second-order valence-electron chi connectivity index (χ2n) is 6.54. The van der Waals surface area contributed by atoms with Crippen molar-refractivity contribution in [2.45, 2.75) is 64.1 Å². The smallest absolute Gasteiger partial charge is 0.222 e. The molecule has 0 aliphatic heterocycles. The zero-order chi connectivity index (χ0) is 14.7. The van der Waals surface area contributed by atoms with E-state index in [1.807, 2.05) is 0 Å². The summed E-state index contributed by atoms with van der Waals surface area (Å²) in [5, 5.41) is 6.71. The van der Waals surface area contributed by atoms with Gasteiger partial charge in [0.2, 0.25) is 5.91 Å². The number of hydrogen-bond acceptors (Lipinski definition) is 2. The van der Waals surface area contributed by atoms with Gasteiger partial charge in [0.05, 0.1) is 0 Å². The maximum atomic E-state index is 11.7. The van der Waals surface area contributed by atoms with Crippen molar-refractivity contribution in [3.63, 3.8) is 0 Å². The fourth-order valence-corrected chi connectivity index (χ4v) is 2.83. The van der Waals surface area contributed by atoms with Crippen LogP contribution in [0.3, 0.4) is 0 Å². The van der Waals surface area contributed by atoms with Crippen molar-refractivity contribution in [3.8, 4) is 0 Å². The van der Waals surface area contributed by atoms with E-state index in [0.717, 1.165) is 31.8 Å². The van der Waals surface area contributed by atoms with Crippen LogP contribution in [0.15, 0.2) is 18.5 Å². The van der Waals surface area contributed by atoms with Gasteiger partial charge in [-0.05, 0) is 56.2 Å². The van der Waals surface area contributed by atoms with E-state index in [1.165, 1.54) is 24.8 Å². The lowest BCUT2D eigenvalue weighted by molar-refractivity contribution is -0.121. The summed E-state index contributed by atoms with van der Waals surface area (Å²) < 4.78 is 2.16. The molecule has 1 unspecified atom stereocenters. The summed E-state index contributed by atoms with van der Waals surface area (Å²) in [5.41, 5.74) is 1.38. The molecule has 0 radical (unpaired) electrons. The van der Waals surface area contributed by atoms with Gasteiger partial charge >= 0.3 is 0 Å². The van der Waals surface area contributed by atoms with Gasteiger partial charge < -0.3 is 15.2 Å². The summed E-state index contributed by atoms with van der Waals surface area (Å²) in [7, 11) is 0. The molecule has 1 heterocycles. The molecule has 0 saturated heterocycles. The average molecular weight is 289 g/mol. The molecule has 2 saturated carbocycles. The summed E-state index contributed by atoms with van der Waals surface area (Å²) in [4.78, 5) is 11.7. The van der Waals surface area contributed by atoms with Crippen LogP contribution in [0.25, 0.3) is 0 Å². The normalized spacial score (nSPS) is 19.5. The van der Waals surface area contributed by atoms with E-state index in [9.17, 15) is 4.79 Å². The molecule has 116 valence electrons. The largest absolute Gasteiger partial charge is 0.353 e. The summed E-state index contributed by atoms with van der Waals surface area (Å²) in [6, 6.07) is 3.19. The fourth-order valence-electron chi connectivity index (χ4n) is 2.83. The molecule has 2 aliphatic carbocycles. The first-order valence-corrected chi connectivity index (χ1v) is 8.44. The van der Waals surface area contributed by atoms with E-state index in [-0.39, 0.29) is 5.91 Å². The highest BCUT2D eigenvalue weighted by Gasteiger charge is 2.32. The minimum atomic E-state index is 0.190. The summed E-state index contributed by atoms with van der Waals surface area (Å²) in [5.74, 6) is 1.00. The minimum absolute atomic E-state index is 0.190. The molecule has 4 heteroatoms. The van der Waals surface area contributed by atoms with Gasteiger partial charge in [0.15, 0.2) is 0 Å². The number of aromatic nitrogens is 1. The molecule has 2 N–H and O–H groups in total. The topological polar surface area (TPSA) is 46.1 Å². The Bertz CT molecular complexity index is 474. The lowest BCUT2D eigenvalue weighted by Crippen LogP contribution is -2.26. The van der Waals surface area contributed by atoms with Crippen LogP contribution in [0.1, 0.15) is 57.1 Å². The molecule has 4 nitrogen and oxygen atoms in total. The SMILES string of the molecule is CCCNC(c1ccn(CCC(=O)NC2CC2)c1)C1CC1. The maximum absolute atomic E-state index is 11.7.